The lowest BCUT2D eigenvalue weighted by atomic mass is 10.1. The summed E-state index contributed by atoms with van der Waals surface area (Å²) in [5.74, 6) is 1.88. The van der Waals surface area contributed by atoms with Crippen LogP contribution in [-0.4, -0.2) is 24.1 Å². The first-order valence-electron chi connectivity index (χ1n) is 19.1. The maximum absolute atomic E-state index is 6.45. The third-order valence-corrected chi connectivity index (χ3v) is 11.1. The lowest BCUT2D eigenvalue weighted by molar-refractivity contribution is 0.669. The molecule has 0 bridgehead atoms. The van der Waals surface area contributed by atoms with Crippen LogP contribution in [0.5, 0.6) is 0 Å². The van der Waals surface area contributed by atoms with Gasteiger partial charge in [-0.1, -0.05) is 140 Å². The van der Waals surface area contributed by atoms with E-state index in [-0.39, 0.29) is 0 Å². The van der Waals surface area contributed by atoms with E-state index in [0.717, 1.165) is 82.8 Å². The zero-order chi connectivity index (χ0) is 37.5. The van der Waals surface area contributed by atoms with Crippen LogP contribution in [-0.2, 0) is 0 Å². The van der Waals surface area contributed by atoms with Gasteiger partial charge in [0.2, 0.25) is 0 Å². The number of fused-ring (bicyclic) bond motifs is 10. The van der Waals surface area contributed by atoms with Crippen LogP contribution in [0.1, 0.15) is 0 Å². The van der Waals surface area contributed by atoms with Crippen LogP contribution < -0.4 is 0 Å². The fourth-order valence-corrected chi connectivity index (χ4v) is 8.60. The van der Waals surface area contributed by atoms with E-state index in [0.29, 0.717) is 17.5 Å². The maximum Gasteiger partial charge on any atom is 0.164 e. The van der Waals surface area contributed by atoms with Crippen molar-refractivity contribution in [2.45, 2.75) is 0 Å². The van der Waals surface area contributed by atoms with Gasteiger partial charge in [-0.25, -0.2) is 15.0 Å². The minimum atomic E-state index is 0.615. The SMILES string of the molecule is c1ccc(-c2nc(-c3ccccc3)nc(-c3cccc(-n4c5ccccc5c5ccc6c7cc8oc9ccccc9c8cc7n(-c7ccccc7)c6c54)c3)n2)cc1. The monoisotopic (exact) mass is 729 g/mol. The molecule has 4 aromatic heterocycles. The average molecular weight is 730 g/mol. The molecule has 8 aromatic carbocycles. The highest BCUT2D eigenvalue weighted by molar-refractivity contribution is 6.25. The summed E-state index contributed by atoms with van der Waals surface area (Å²) in [4.78, 5) is 15.1. The van der Waals surface area contributed by atoms with Gasteiger partial charge < -0.3 is 13.6 Å². The van der Waals surface area contributed by atoms with Gasteiger partial charge in [0.15, 0.2) is 17.5 Å². The van der Waals surface area contributed by atoms with E-state index in [4.69, 9.17) is 19.4 Å². The first kappa shape index (κ1) is 31.5. The first-order chi connectivity index (χ1) is 28.3. The topological polar surface area (TPSA) is 61.7 Å². The molecule has 0 aliphatic carbocycles. The van der Waals surface area contributed by atoms with Crippen molar-refractivity contribution in [2.75, 3.05) is 0 Å². The van der Waals surface area contributed by atoms with E-state index >= 15 is 0 Å². The van der Waals surface area contributed by atoms with E-state index in [2.05, 4.69) is 124 Å². The minimum Gasteiger partial charge on any atom is -0.456 e. The molecular formula is C51H31N5O. The zero-order valence-electron chi connectivity index (χ0n) is 30.5. The Kier molecular flexibility index (Phi) is 6.83. The third-order valence-electron chi connectivity index (χ3n) is 11.1. The minimum absolute atomic E-state index is 0.615. The van der Waals surface area contributed by atoms with Gasteiger partial charge in [-0.3, -0.25) is 0 Å². The summed E-state index contributed by atoms with van der Waals surface area (Å²) in [6, 6.07) is 65.6. The number of benzene rings is 8. The summed E-state index contributed by atoms with van der Waals surface area (Å²) in [6.45, 7) is 0. The molecule has 6 heteroatoms. The van der Waals surface area contributed by atoms with E-state index in [1.54, 1.807) is 0 Å². The molecule has 0 saturated carbocycles. The molecule has 0 unspecified atom stereocenters. The number of furan rings is 1. The molecule has 0 N–H and O–H groups in total. The predicted octanol–water partition coefficient (Wildman–Crippen LogP) is 13.0. The van der Waals surface area contributed by atoms with Gasteiger partial charge in [0.1, 0.15) is 11.2 Å². The van der Waals surface area contributed by atoms with Crippen LogP contribution in [0.2, 0.25) is 0 Å². The van der Waals surface area contributed by atoms with Crippen LogP contribution in [0, 0.1) is 0 Å². The summed E-state index contributed by atoms with van der Waals surface area (Å²) in [6.07, 6.45) is 0. The Labute approximate surface area is 326 Å². The van der Waals surface area contributed by atoms with Crippen LogP contribution >= 0.6 is 0 Å². The summed E-state index contributed by atoms with van der Waals surface area (Å²) in [5, 5.41) is 6.86. The van der Waals surface area contributed by atoms with Crippen LogP contribution in [0.3, 0.4) is 0 Å². The van der Waals surface area contributed by atoms with Gasteiger partial charge in [-0.15, -0.1) is 0 Å². The molecule has 57 heavy (non-hydrogen) atoms. The molecule has 12 rings (SSSR count). The van der Waals surface area contributed by atoms with E-state index in [9.17, 15) is 0 Å². The Balaban J connectivity index is 1.16. The summed E-state index contributed by atoms with van der Waals surface area (Å²) in [5.41, 5.74) is 11.2. The van der Waals surface area contributed by atoms with Crippen LogP contribution in [0.15, 0.2) is 192 Å². The van der Waals surface area contributed by atoms with Crippen LogP contribution in [0.4, 0.5) is 0 Å². The molecule has 0 amide bonds. The van der Waals surface area contributed by atoms with E-state index in [1.807, 2.05) is 72.8 Å². The fraction of sp³-hybridized carbons (Fsp3) is 0. The molecule has 12 aromatic rings. The molecule has 0 aliphatic heterocycles. The van der Waals surface area contributed by atoms with Crippen molar-refractivity contribution in [3.63, 3.8) is 0 Å². The Morgan fingerprint density at radius 2 is 0.842 bits per heavy atom. The lowest BCUT2D eigenvalue weighted by Crippen LogP contribution is -2.01. The average Bonchev–Trinajstić information content (AvgIpc) is 3.93. The number of hydrogen-bond acceptors (Lipinski definition) is 4. The molecular weight excluding hydrogens is 699 g/mol. The highest BCUT2D eigenvalue weighted by atomic mass is 16.3. The Hall–Kier alpha value is -7.83. The maximum atomic E-state index is 6.45. The number of nitrogens with zero attached hydrogens (tertiary/aromatic N) is 5. The third kappa shape index (κ3) is 4.87. The van der Waals surface area contributed by atoms with Gasteiger partial charge >= 0.3 is 0 Å². The standard InChI is InChI=1S/C51H31N5O/c1-4-15-32(16-5-1)49-52-50(33-17-6-2-7-18-33)54-51(53-49)34-19-14-22-36(29-34)56-43-25-12-10-23-37(43)39-27-28-40-41-31-46-42(38-24-11-13-26-45(38)57-46)30-44(41)55(48(40)47(39)56)35-20-8-3-9-21-35/h1-31H. The van der Waals surface area contributed by atoms with Crippen molar-refractivity contribution in [3.8, 4) is 45.5 Å². The van der Waals surface area contributed by atoms with Crippen molar-refractivity contribution in [1.29, 1.82) is 0 Å². The normalized spacial score (nSPS) is 11.9. The Morgan fingerprint density at radius 3 is 1.54 bits per heavy atom. The lowest BCUT2D eigenvalue weighted by Gasteiger charge is -2.14. The molecule has 0 radical (unpaired) electrons. The van der Waals surface area contributed by atoms with Crippen molar-refractivity contribution in [3.05, 3.63) is 188 Å². The van der Waals surface area contributed by atoms with Crippen molar-refractivity contribution >= 4 is 65.6 Å². The molecule has 0 atom stereocenters. The number of para-hydroxylation sites is 3. The molecule has 4 heterocycles. The molecule has 6 nitrogen and oxygen atoms in total. The van der Waals surface area contributed by atoms with Gasteiger partial charge in [0.25, 0.3) is 0 Å². The summed E-state index contributed by atoms with van der Waals surface area (Å²) >= 11 is 0. The Morgan fingerprint density at radius 1 is 0.316 bits per heavy atom. The van der Waals surface area contributed by atoms with Crippen molar-refractivity contribution in [2.24, 2.45) is 0 Å². The number of hydrogen-bond donors (Lipinski definition) is 0. The molecule has 0 fully saturated rings. The van der Waals surface area contributed by atoms with Gasteiger partial charge in [0, 0.05) is 60.4 Å². The van der Waals surface area contributed by atoms with E-state index < -0.39 is 0 Å². The smallest absolute Gasteiger partial charge is 0.164 e. The highest BCUT2D eigenvalue weighted by Crippen LogP contribution is 2.44. The largest absolute Gasteiger partial charge is 0.456 e. The second-order valence-corrected chi connectivity index (χ2v) is 14.4. The van der Waals surface area contributed by atoms with Gasteiger partial charge in [0.05, 0.1) is 22.1 Å². The summed E-state index contributed by atoms with van der Waals surface area (Å²) < 4.78 is 11.3. The van der Waals surface area contributed by atoms with E-state index in [1.165, 1.54) is 10.8 Å². The molecule has 0 saturated heterocycles. The first-order valence-corrected chi connectivity index (χ1v) is 19.1. The number of rotatable bonds is 5. The highest BCUT2D eigenvalue weighted by Gasteiger charge is 2.23. The predicted molar refractivity (Wildman–Crippen MR) is 232 cm³/mol. The second-order valence-electron chi connectivity index (χ2n) is 14.4. The molecule has 0 spiro atoms. The zero-order valence-corrected chi connectivity index (χ0v) is 30.5. The quantitative estimate of drug-likeness (QED) is 0.177. The Bertz CT molecular complexity index is 3450. The van der Waals surface area contributed by atoms with Crippen molar-refractivity contribution in [1.82, 2.24) is 24.1 Å². The second kappa shape index (κ2) is 12.3. The number of aromatic nitrogens is 5. The summed E-state index contributed by atoms with van der Waals surface area (Å²) in [7, 11) is 0. The van der Waals surface area contributed by atoms with Crippen molar-refractivity contribution < 1.29 is 4.42 Å². The fourth-order valence-electron chi connectivity index (χ4n) is 8.60. The van der Waals surface area contributed by atoms with Gasteiger partial charge in [-0.05, 0) is 48.5 Å². The molecule has 266 valence electrons. The molecule has 0 aliphatic rings. The van der Waals surface area contributed by atoms with Gasteiger partial charge in [-0.2, -0.15) is 0 Å². The van der Waals surface area contributed by atoms with Crippen LogP contribution in [0.25, 0.3) is 111 Å².